The Morgan fingerprint density at radius 1 is 1.29 bits per heavy atom. The molecule has 2 rings (SSSR count). The molecule has 0 fully saturated rings. The molecule has 0 radical (unpaired) electrons. The first-order valence-corrected chi connectivity index (χ1v) is 7.17. The van der Waals surface area contributed by atoms with Gasteiger partial charge in [-0.25, -0.2) is 0 Å². The minimum atomic E-state index is -1.03. The van der Waals surface area contributed by atoms with E-state index in [1.54, 1.807) is 18.2 Å². The average molecular weight is 331 g/mol. The Kier molecular flexibility index (Phi) is 5.03. The van der Waals surface area contributed by atoms with Gasteiger partial charge in [-0.1, -0.05) is 18.2 Å². The summed E-state index contributed by atoms with van der Waals surface area (Å²) < 4.78 is 5.16. The van der Waals surface area contributed by atoms with Crippen molar-refractivity contribution in [1.29, 1.82) is 0 Å². The van der Waals surface area contributed by atoms with Crippen LogP contribution in [0.15, 0.2) is 36.4 Å². The number of carboxylic acid groups (broad SMARTS) is 1. The molecule has 1 unspecified atom stereocenters. The third-order valence-electron chi connectivity index (χ3n) is 3.80. The number of phenols is 1. The number of ether oxygens (including phenoxy) is 1. The Morgan fingerprint density at radius 2 is 2.00 bits per heavy atom. The molecule has 2 N–H and O–H groups in total. The van der Waals surface area contributed by atoms with Crippen molar-refractivity contribution in [1.82, 2.24) is 0 Å². The molecule has 0 aliphatic rings. The van der Waals surface area contributed by atoms with Crippen molar-refractivity contribution in [3.05, 3.63) is 63.2 Å². The van der Waals surface area contributed by atoms with Crippen LogP contribution in [0.25, 0.3) is 0 Å². The van der Waals surface area contributed by atoms with Crippen LogP contribution >= 0.6 is 0 Å². The topological polar surface area (TPSA) is 110 Å². The van der Waals surface area contributed by atoms with E-state index in [-0.39, 0.29) is 6.42 Å². The number of aryl methyl sites for hydroxylation is 1. The minimum Gasteiger partial charge on any atom is -0.502 e. The summed E-state index contributed by atoms with van der Waals surface area (Å²) >= 11 is 0. The summed E-state index contributed by atoms with van der Waals surface area (Å²) in [7, 11) is 1.53. The second-order valence-corrected chi connectivity index (χ2v) is 5.40. The maximum atomic E-state index is 11.6. The molecule has 0 saturated carbocycles. The van der Waals surface area contributed by atoms with Crippen molar-refractivity contribution in [2.75, 3.05) is 7.11 Å². The number of aliphatic carboxylic acids is 1. The number of nitro groups is 1. The molecule has 0 heterocycles. The number of methoxy groups -OCH3 is 1. The van der Waals surface area contributed by atoms with Gasteiger partial charge in [-0.3, -0.25) is 14.9 Å². The van der Waals surface area contributed by atoms with E-state index in [9.17, 15) is 25.1 Å². The van der Waals surface area contributed by atoms with Crippen molar-refractivity contribution in [3.8, 4) is 11.5 Å². The van der Waals surface area contributed by atoms with Crippen molar-refractivity contribution in [3.63, 3.8) is 0 Å². The van der Waals surface area contributed by atoms with Gasteiger partial charge in [0.25, 0.3) is 0 Å². The summed E-state index contributed by atoms with van der Waals surface area (Å²) in [5, 5.41) is 29.9. The molecule has 0 bridgehead atoms. The Balaban J connectivity index is 2.36. The molecule has 2 aromatic carbocycles. The lowest BCUT2D eigenvalue weighted by molar-refractivity contribution is -0.385. The van der Waals surface area contributed by atoms with Crippen LogP contribution in [0.3, 0.4) is 0 Å². The summed E-state index contributed by atoms with van der Waals surface area (Å²) in [4.78, 5) is 21.8. The summed E-state index contributed by atoms with van der Waals surface area (Å²) in [5.41, 5.74) is 1.40. The number of aromatic hydroxyl groups is 1. The number of carboxylic acids is 1. The molecule has 0 aliphatic heterocycles. The highest BCUT2D eigenvalue weighted by Gasteiger charge is 2.23. The van der Waals surface area contributed by atoms with Gasteiger partial charge < -0.3 is 14.9 Å². The predicted octanol–water partition coefficient (Wildman–Crippen LogP) is 3.03. The van der Waals surface area contributed by atoms with E-state index in [1.807, 2.05) is 6.92 Å². The third kappa shape index (κ3) is 3.62. The number of nitro benzene ring substituents is 1. The Morgan fingerprint density at radius 3 is 2.54 bits per heavy atom. The van der Waals surface area contributed by atoms with E-state index in [0.29, 0.717) is 16.9 Å². The molecule has 1 atom stereocenters. The van der Waals surface area contributed by atoms with Gasteiger partial charge in [0.05, 0.1) is 18.0 Å². The average Bonchev–Trinajstić information content (AvgIpc) is 2.53. The highest BCUT2D eigenvalue weighted by molar-refractivity contribution is 5.77. The molecule has 7 nitrogen and oxygen atoms in total. The van der Waals surface area contributed by atoms with E-state index in [4.69, 9.17) is 4.74 Å². The van der Waals surface area contributed by atoms with Crippen LogP contribution in [0.2, 0.25) is 0 Å². The maximum absolute atomic E-state index is 11.6. The van der Waals surface area contributed by atoms with Gasteiger partial charge in [-0.05, 0) is 42.2 Å². The summed E-state index contributed by atoms with van der Waals surface area (Å²) in [6.07, 6.45) is 0.0716. The number of phenolic OH excluding ortho intramolecular Hbond substituents is 1. The van der Waals surface area contributed by atoms with Crippen LogP contribution in [0.5, 0.6) is 11.5 Å². The normalized spacial score (nSPS) is 11.8. The number of benzene rings is 2. The number of rotatable bonds is 6. The monoisotopic (exact) mass is 331 g/mol. The van der Waals surface area contributed by atoms with E-state index < -0.39 is 28.2 Å². The van der Waals surface area contributed by atoms with Gasteiger partial charge in [0, 0.05) is 6.07 Å². The van der Waals surface area contributed by atoms with Gasteiger partial charge in [0.15, 0.2) is 5.75 Å². The van der Waals surface area contributed by atoms with Crippen LogP contribution < -0.4 is 4.74 Å². The van der Waals surface area contributed by atoms with E-state index in [2.05, 4.69) is 0 Å². The van der Waals surface area contributed by atoms with Gasteiger partial charge in [0.2, 0.25) is 0 Å². The second kappa shape index (κ2) is 6.99. The zero-order chi connectivity index (χ0) is 17.9. The zero-order valence-corrected chi connectivity index (χ0v) is 13.2. The van der Waals surface area contributed by atoms with Gasteiger partial charge in [-0.15, -0.1) is 0 Å². The molecule has 0 aromatic heterocycles. The number of carbonyl (C=O) groups is 1. The second-order valence-electron chi connectivity index (χ2n) is 5.40. The molecule has 126 valence electrons. The summed E-state index contributed by atoms with van der Waals surface area (Å²) in [5.74, 6) is -1.69. The van der Waals surface area contributed by atoms with Crippen molar-refractivity contribution >= 4 is 11.7 Å². The minimum absolute atomic E-state index is 0.0716. The molecule has 0 saturated heterocycles. The first-order chi connectivity index (χ1) is 11.3. The molecule has 0 spiro atoms. The Hall–Kier alpha value is -3.09. The first-order valence-electron chi connectivity index (χ1n) is 7.17. The first kappa shape index (κ1) is 17.3. The lowest BCUT2D eigenvalue weighted by Gasteiger charge is -2.15. The molecular weight excluding hydrogens is 314 g/mol. The fourth-order valence-electron chi connectivity index (χ4n) is 2.54. The highest BCUT2D eigenvalue weighted by atomic mass is 16.6. The standard InChI is InChI=1S/C17H17NO6/c1-10-7-12(4-6-16(10)24-2)13(17(20)21)8-11-3-5-15(19)14(9-11)18(22)23/h3-7,9,13,19H,8H2,1-2H3,(H,20,21). The fraction of sp³-hybridized carbons (Fsp3) is 0.235. The van der Waals surface area contributed by atoms with Crippen LogP contribution in [-0.4, -0.2) is 28.2 Å². The largest absolute Gasteiger partial charge is 0.502 e. The summed E-state index contributed by atoms with van der Waals surface area (Å²) in [6, 6.07) is 8.97. The fourth-order valence-corrected chi connectivity index (χ4v) is 2.54. The number of nitrogens with zero attached hydrogens (tertiary/aromatic N) is 1. The van der Waals surface area contributed by atoms with E-state index in [1.165, 1.54) is 25.3 Å². The molecule has 7 heteroatoms. The van der Waals surface area contributed by atoms with Crippen molar-refractivity contribution in [2.24, 2.45) is 0 Å². The zero-order valence-electron chi connectivity index (χ0n) is 13.2. The van der Waals surface area contributed by atoms with Gasteiger partial charge in [0.1, 0.15) is 5.75 Å². The maximum Gasteiger partial charge on any atom is 0.311 e. The molecular formula is C17H17NO6. The van der Waals surface area contributed by atoms with Crippen molar-refractivity contribution in [2.45, 2.75) is 19.3 Å². The highest BCUT2D eigenvalue weighted by Crippen LogP contribution is 2.30. The molecule has 24 heavy (non-hydrogen) atoms. The van der Waals surface area contributed by atoms with Crippen LogP contribution in [-0.2, 0) is 11.2 Å². The molecule has 0 aliphatic carbocycles. The van der Waals surface area contributed by atoms with Gasteiger partial charge in [-0.2, -0.15) is 0 Å². The van der Waals surface area contributed by atoms with Crippen LogP contribution in [0.1, 0.15) is 22.6 Å². The lowest BCUT2D eigenvalue weighted by Crippen LogP contribution is -2.15. The van der Waals surface area contributed by atoms with Crippen molar-refractivity contribution < 1.29 is 24.7 Å². The van der Waals surface area contributed by atoms with E-state index in [0.717, 1.165) is 5.56 Å². The third-order valence-corrected chi connectivity index (χ3v) is 3.80. The Labute approximate surface area is 138 Å². The smallest absolute Gasteiger partial charge is 0.311 e. The molecule has 0 amide bonds. The van der Waals surface area contributed by atoms with Crippen LogP contribution in [0.4, 0.5) is 5.69 Å². The summed E-state index contributed by atoms with van der Waals surface area (Å²) in [6.45, 7) is 1.81. The SMILES string of the molecule is COc1ccc(C(Cc2ccc(O)c([N+](=O)[O-])c2)C(=O)O)cc1C. The van der Waals surface area contributed by atoms with Crippen LogP contribution in [0, 0.1) is 17.0 Å². The molecule has 2 aromatic rings. The van der Waals surface area contributed by atoms with Gasteiger partial charge >= 0.3 is 11.7 Å². The quantitative estimate of drug-likeness (QED) is 0.622. The lowest BCUT2D eigenvalue weighted by atomic mass is 9.90. The van der Waals surface area contributed by atoms with E-state index >= 15 is 0 Å². The predicted molar refractivity (Wildman–Crippen MR) is 86.6 cm³/mol. The number of hydrogen-bond acceptors (Lipinski definition) is 5. The Bertz CT molecular complexity index is 787. The number of hydrogen-bond donors (Lipinski definition) is 2.